The summed E-state index contributed by atoms with van der Waals surface area (Å²) in [5.74, 6) is -3.30. The summed E-state index contributed by atoms with van der Waals surface area (Å²) in [6.45, 7) is 3.35. The van der Waals surface area contributed by atoms with Crippen LogP contribution in [-0.2, 0) is 10.0 Å². The predicted molar refractivity (Wildman–Crippen MR) is 49.5 cm³/mol. The Bertz CT molecular complexity index is 282. The van der Waals surface area contributed by atoms with E-state index < -0.39 is 15.8 Å². The van der Waals surface area contributed by atoms with Crippen LogP contribution in [0.15, 0.2) is 0 Å². The Balaban J connectivity index is 2.93. The third-order valence-electron chi connectivity index (χ3n) is 2.63. The molecular weight excluding hydrogens is 212 g/mol. The minimum Gasteiger partial charge on any atom is -0.206 e. The van der Waals surface area contributed by atoms with E-state index in [0.29, 0.717) is 12.8 Å². The van der Waals surface area contributed by atoms with Crippen molar-refractivity contribution in [2.45, 2.75) is 51.0 Å². The molecule has 0 bridgehead atoms. The largest absolute Gasteiger partial charge is 0.350 e. The molecule has 1 rings (SSSR count). The van der Waals surface area contributed by atoms with Gasteiger partial charge in [0.25, 0.3) is 10.0 Å². The van der Waals surface area contributed by atoms with E-state index in [0.717, 1.165) is 10.7 Å². The van der Waals surface area contributed by atoms with Crippen LogP contribution in [0.3, 0.4) is 0 Å². The average Bonchev–Trinajstić information content (AvgIpc) is 2.02. The van der Waals surface area contributed by atoms with E-state index in [1.807, 2.05) is 0 Å². The summed E-state index contributed by atoms with van der Waals surface area (Å²) >= 11 is 0. The van der Waals surface area contributed by atoms with Crippen molar-refractivity contribution in [1.29, 1.82) is 0 Å². The third-order valence-corrected chi connectivity index (χ3v) is 4.39. The van der Waals surface area contributed by atoms with Gasteiger partial charge in [-0.25, -0.2) is 8.42 Å². The lowest BCUT2D eigenvalue weighted by atomic mass is 10.0. The highest BCUT2D eigenvalue weighted by molar-refractivity contribution is 7.89. The molecular formula is C8H15F2NO2S. The fourth-order valence-corrected chi connectivity index (χ4v) is 3.39. The third kappa shape index (κ3) is 2.06. The summed E-state index contributed by atoms with van der Waals surface area (Å²) in [6, 6.07) is -0.615. The Morgan fingerprint density at radius 3 is 2.00 bits per heavy atom. The summed E-state index contributed by atoms with van der Waals surface area (Å²) in [5, 5.41) is 0. The summed E-state index contributed by atoms with van der Waals surface area (Å²) in [6.07, 6.45) is 2.23. The lowest BCUT2D eigenvalue weighted by Gasteiger charge is -2.37. The molecule has 0 N–H and O–H groups in total. The maximum absolute atomic E-state index is 12.3. The highest BCUT2D eigenvalue weighted by Gasteiger charge is 2.39. The summed E-state index contributed by atoms with van der Waals surface area (Å²) < 4.78 is 48.2. The van der Waals surface area contributed by atoms with Crippen molar-refractivity contribution in [3.63, 3.8) is 0 Å². The number of nitrogens with zero attached hydrogens (tertiary/aromatic N) is 1. The Morgan fingerprint density at radius 2 is 1.64 bits per heavy atom. The molecule has 14 heavy (non-hydrogen) atoms. The summed E-state index contributed by atoms with van der Waals surface area (Å²) in [4.78, 5) is 0. The molecule has 0 amide bonds. The predicted octanol–water partition coefficient (Wildman–Crippen LogP) is 1.80. The van der Waals surface area contributed by atoms with Gasteiger partial charge in [-0.05, 0) is 26.7 Å². The highest BCUT2D eigenvalue weighted by atomic mass is 32.2. The molecule has 2 atom stereocenters. The fraction of sp³-hybridized carbons (Fsp3) is 1.00. The number of halogens is 2. The van der Waals surface area contributed by atoms with Crippen LogP contribution in [0, 0.1) is 0 Å². The van der Waals surface area contributed by atoms with E-state index in [1.165, 1.54) is 0 Å². The molecule has 3 nitrogen and oxygen atoms in total. The van der Waals surface area contributed by atoms with Crippen LogP contribution in [0.2, 0.25) is 0 Å². The van der Waals surface area contributed by atoms with Gasteiger partial charge in [-0.2, -0.15) is 13.1 Å². The van der Waals surface area contributed by atoms with Crippen LogP contribution in [0.5, 0.6) is 0 Å². The molecule has 0 aromatic heterocycles. The van der Waals surface area contributed by atoms with Gasteiger partial charge in [0, 0.05) is 12.1 Å². The van der Waals surface area contributed by atoms with Crippen LogP contribution in [0.25, 0.3) is 0 Å². The lowest BCUT2D eigenvalue weighted by Crippen LogP contribution is -2.49. The van der Waals surface area contributed by atoms with Gasteiger partial charge in [0.2, 0.25) is 0 Å². The number of alkyl halides is 2. The van der Waals surface area contributed by atoms with Crippen LogP contribution in [0.1, 0.15) is 33.1 Å². The van der Waals surface area contributed by atoms with Crippen molar-refractivity contribution in [2.24, 2.45) is 0 Å². The topological polar surface area (TPSA) is 37.4 Å². The molecule has 0 spiro atoms. The molecule has 0 radical (unpaired) electrons. The Labute approximate surface area is 83.1 Å². The van der Waals surface area contributed by atoms with E-state index in [9.17, 15) is 17.2 Å². The van der Waals surface area contributed by atoms with E-state index in [-0.39, 0.29) is 12.1 Å². The van der Waals surface area contributed by atoms with Crippen molar-refractivity contribution in [3.8, 4) is 0 Å². The van der Waals surface area contributed by atoms with E-state index in [4.69, 9.17) is 0 Å². The van der Waals surface area contributed by atoms with Crippen LogP contribution in [-0.4, -0.2) is 30.6 Å². The first kappa shape index (κ1) is 11.8. The van der Waals surface area contributed by atoms with Gasteiger partial charge >= 0.3 is 5.76 Å². The molecule has 1 aliphatic heterocycles. The Hall–Kier alpha value is -0.230. The van der Waals surface area contributed by atoms with Crippen molar-refractivity contribution in [3.05, 3.63) is 0 Å². The number of hydrogen-bond acceptors (Lipinski definition) is 2. The van der Waals surface area contributed by atoms with Crippen LogP contribution >= 0.6 is 0 Å². The van der Waals surface area contributed by atoms with Crippen molar-refractivity contribution < 1.29 is 17.2 Å². The molecule has 6 heteroatoms. The van der Waals surface area contributed by atoms with Gasteiger partial charge in [0.1, 0.15) is 0 Å². The minimum absolute atomic E-state index is 0.308. The van der Waals surface area contributed by atoms with Crippen LogP contribution in [0.4, 0.5) is 8.78 Å². The summed E-state index contributed by atoms with van der Waals surface area (Å²) in [7, 11) is -4.40. The number of piperidine rings is 1. The second-order valence-electron chi connectivity index (χ2n) is 3.76. The van der Waals surface area contributed by atoms with Crippen molar-refractivity contribution >= 4 is 10.0 Å². The molecule has 0 aromatic carbocycles. The smallest absolute Gasteiger partial charge is 0.206 e. The van der Waals surface area contributed by atoms with Gasteiger partial charge in [-0.1, -0.05) is 6.42 Å². The lowest BCUT2D eigenvalue weighted by molar-refractivity contribution is 0.167. The molecule has 84 valence electrons. The normalized spacial score (nSPS) is 30.9. The fourth-order valence-electron chi connectivity index (χ4n) is 1.99. The van der Waals surface area contributed by atoms with Gasteiger partial charge in [-0.3, -0.25) is 0 Å². The zero-order valence-electron chi connectivity index (χ0n) is 8.28. The molecule has 1 fully saturated rings. The van der Waals surface area contributed by atoms with Gasteiger partial charge in [0.05, 0.1) is 0 Å². The van der Waals surface area contributed by atoms with Gasteiger partial charge in [-0.15, -0.1) is 0 Å². The zero-order chi connectivity index (χ0) is 10.9. The molecule has 2 unspecified atom stereocenters. The molecule has 1 saturated heterocycles. The number of sulfonamides is 1. The zero-order valence-corrected chi connectivity index (χ0v) is 9.10. The van der Waals surface area contributed by atoms with E-state index in [1.54, 1.807) is 13.8 Å². The van der Waals surface area contributed by atoms with Gasteiger partial charge < -0.3 is 0 Å². The first-order valence-corrected chi connectivity index (χ1v) is 6.18. The molecule has 1 heterocycles. The second kappa shape index (κ2) is 4.10. The quantitative estimate of drug-likeness (QED) is 0.721. The second-order valence-corrected chi connectivity index (χ2v) is 5.57. The van der Waals surface area contributed by atoms with Crippen molar-refractivity contribution in [2.75, 3.05) is 0 Å². The Morgan fingerprint density at radius 1 is 1.21 bits per heavy atom. The maximum Gasteiger partial charge on any atom is 0.350 e. The monoisotopic (exact) mass is 227 g/mol. The summed E-state index contributed by atoms with van der Waals surface area (Å²) in [5.41, 5.74) is 0. The van der Waals surface area contributed by atoms with Crippen LogP contribution < -0.4 is 0 Å². The van der Waals surface area contributed by atoms with Gasteiger partial charge in [0.15, 0.2) is 0 Å². The van der Waals surface area contributed by atoms with E-state index in [2.05, 4.69) is 0 Å². The minimum atomic E-state index is -4.40. The molecule has 0 aromatic rings. The Kier molecular flexibility index (Phi) is 3.47. The molecule has 0 saturated carbocycles. The van der Waals surface area contributed by atoms with Crippen molar-refractivity contribution in [1.82, 2.24) is 4.31 Å². The van der Waals surface area contributed by atoms with E-state index >= 15 is 0 Å². The highest BCUT2D eigenvalue weighted by Crippen LogP contribution is 2.28. The molecule has 1 aliphatic rings. The maximum atomic E-state index is 12.3. The standard InChI is InChI=1S/C8H15F2NO2S/c1-6-4-3-5-7(2)11(6)14(12,13)8(9)10/h6-8H,3-5H2,1-2H3. The first-order chi connectivity index (χ1) is 6.37. The first-order valence-electron chi connectivity index (χ1n) is 4.68. The SMILES string of the molecule is CC1CCCC(C)N1S(=O)(=O)C(F)F. The number of hydrogen-bond donors (Lipinski definition) is 0. The number of rotatable bonds is 2. The molecule has 0 aliphatic carbocycles. The average molecular weight is 227 g/mol.